The summed E-state index contributed by atoms with van der Waals surface area (Å²) in [6.07, 6.45) is 8.69. The van der Waals surface area contributed by atoms with Crippen LogP contribution in [0.2, 0.25) is 0 Å². The normalized spacial score (nSPS) is 18.5. The molecular weight excluding hydrogens is 307 g/mol. The van der Waals surface area contributed by atoms with Crippen LogP contribution in [0.25, 0.3) is 0 Å². The van der Waals surface area contributed by atoms with E-state index < -0.39 is 0 Å². The van der Waals surface area contributed by atoms with Crippen LogP contribution in [-0.4, -0.2) is 0 Å². The zero-order valence-corrected chi connectivity index (χ0v) is 12.8. The molecule has 2 rings (SSSR count). The molecule has 1 unspecified atom stereocenters. The molecule has 0 saturated heterocycles. The first kappa shape index (κ1) is 14.9. The summed E-state index contributed by atoms with van der Waals surface area (Å²) in [5.41, 5.74) is 3.42. The first-order chi connectivity index (χ1) is 9.22. The fourth-order valence-electron chi connectivity index (χ4n) is 3.03. The van der Waals surface area contributed by atoms with Gasteiger partial charge in [-0.1, -0.05) is 54.1 Å². The van der Waals surface area contributed by atoms with E-state index in [1.54, 1.807) is 6.07 Å². The number of nitrogens with one attached hydrogen (secondary N) is 1. The lowest BCUT2D eigenvalue weighted by Gasteiger charge is -2.24. The Morgan fingerprint density at radius 1 is 1.32 bits per heavy atom. The van der Waals surface area contributed by atoms with E-state index in [2.05, 4.69) is 21.4 Å². The number of rotatable bonds is 5. The second kappa shape index (κ2) is 7.36. The zero-order valence-electron chi connectivity index (χ0n) is 11.2. The third kappa shape index (κ3) is 4.01. The van der Waals surface area contributed by atoms with Crippen molar-refractivity contribution >= 4 is 15.9 Å². The molecule has 0 bridgehead atoms. The van der Waals surface area contributed by atoms with E-state index in [-0.39, 0.29) is 11.9 Å². The molecule has 0 aliphatic heterocycles. The van der Waals surface area contributed by atoms with Crippen LogP contribution in [0.1, 0.15) is 56.6 Å². The molecule has 1 saturated carbocycles. The Balaban J connectivity index is 1.99. The molecule has 1 fully saturated rings. The van der Waals surface area contributed by atoms with Crippen LogP contribution in [-0.2, 0) is 0 Å². The Hall–Kier alpha value is -0.450. The van der Waals surface area contributed by atoms with Gasteiger partial charge in [0, 0.05) is 16.1 Å². The minimum absolute atomic E-state index is 0.113. The van der Waals surface area contributed by atoms with Crippen LogP contribution >= 0.6 is 15.9 Å². The van der Waals surface area contributed by atoms with E-state index in [0.29, 0.717) is 5.56 Å². The summed E-state index contributed by atoms with van der Waals surface area (Å²) in [5, 5.41) is 0. The van der Waals surface area contributed by atoms with E-state index in [1.165, 1.54) is 38.2 Å². The molecule has 0 radical (unpaired) electrons. The molecule has 19 heavy (non-hydrogen) atoms. The lowest BCUT2D eigenvalue weighted by Crippen LogP contribution is -2.29. The van der Waals surface area contributed by atoms with Crippen molar-refractivity contribution in [3.63, 3.8) is 0 Å². The van der Waals surface area contributed by atoms with Crippen molar-refractivity contribution in [1.29, 1.82) is 0 Å². The van der Waals surface area contributed by atoms with Crippen molar-refractivity contribution in [3.8, 4) is 0 Å². The Bertz CT molecular complexity index is 385. The molecule has 1 aromatic rings. The van der Waals surface area contributed by atoms with Crippen molar-refractivity contribution in [2.24, 2.45) is 11.8 Å². The molecule has 1 aromatic carbocycles. The summed E-state index contributed by atoms with van der Waals surface area (Å²) in [6.45, 7) is 0. The molecule has 1 aliphatic rings. The Morgan fingerprint density at radius 3 is 2.68 bits per heavy atom. The van der Waals surface area contributed by atoms with Crippen LogP contribution in [0, 0.1) is 11.7 Å². The molecule has 4 heteroatoms. The second-order valence-corrected chi connectivity index (χ2v) is 6.29. The van der Waals surface area contributed by atoms with E-state index in [4.69, 9.17) is 5.84 Å². The predicted octanol–water partition coefficient (Wildman–Crippen LogP) is 4.45. The van der Waals surface area contributed by atoms with Crippen LogP contribution in [0.15, 0.2) is 22.7 Å². The van der Waals surface area contributed by atoms with Crippen molar-refractivity contribution in [1.82, 2.24) is 5.43 Å². The molecule has 0 heterocycles. The number of hydrazine groups is 1. The molecule has 2 nitrogen and oxygen atoms in total. The average molecular weight is 329 g/mol. The van der Waals surface area contributed by atoms with Crippen molar-refractivity contribution in [2.75, 3.05) is 0 Å². The SMILES string of the molecule is NNC(CCC1CCCCC1)c1c(F)cccc1Br. The summed E-state index contributed by atoms with van der Waals surface area (Å²) in [4.78, 5) is 0. The number of hydrogen-bond donors (Lipinski definition) is 2. The predicted molar refractivity (Wildman–Crippen MR) is 80.0 cm³/mol. The van der Waals surface area contributed by atoms with E-state index >= 15 is 0 Å². The Morgan fingerprint density at radius 2 is 2.05 bits per heavy atom. The van der Waals surface area contributed by atoms with Gasteiger partial charge in [0.25, 0.3) is 0 Å². The maximum absolute atomic E-state index is 13.9. The van der Waals surface area contributed by atoms with Crippen LogP contribution in [0.3, 0.4) is 0 Å². The lowest BCUT2D eigenvalue weighted by atomic mass is 9.84. The summed E-state index contributed by atoms with van der Waals surface area (Å²) in [7, 11) is 0. The molecule has 0 aromatic heterocycles. The number of benzene rings is 1. The summed E-state index contributed by atoms with van der Waals surface area (Å²) >= 11 is 3.42. The van der Waals surface area contributed by atoms with Gasteiger partial charge in [-0.05, 0) is 30.9 Å². The summed E-state index contributed by atoms with van der Waals surface area (Å²) < 4.78 is 14.7. The second-order valence-electron chi connectivity index (χ2n) is 5.44. The highest BCUT2D eigenvalue weighted by Crippen LogP contribution is 2.33. The third-order valence-electron chi connectivity index (χ3n) is 4.14. The molecule has 3 N–H and O–H groups in total. The Kier molecular flexibility index (Phi) is 5.79. The van der Waals surface area contributed by atoms with E-state index in [1.807, 2.05) is 6.07 Å². The van der Waals surface area contributed by atoms with Crippen molar-refractivity contribution in [3.05, 3.63) is 34.1 Å². The highest BCUT2D eigenvalue weighted by molar-refractivity contribution is 9.10. The van der Waals surface area contributed by atoms with E-state index in [0.717, 1.165) is 23.2 Å². The van der Waals surface area contributed by atoms with Gasteiger partial charge in [-0.2, -0.15) is 0 Å². The maximum Gasteiger partial charge on any atom is 0.129 e. The van der Waals surface area contributed by atoms with Crippen molar-refractivity contribution < 1.29 is 4.39 Å². The molecule has 0 spiro atoms. The van der Waals surface area contributed by atoms with Crippen molar-refractivity contribution in [2.45, 2.75) is 51.0 Å². The quantitative estimate of drug-likeness (QED) is 0.618. The topological polar surface area (TPSA) is 38.0 Å². The standard InChI is InChI=1S/C15H22BrFN2/c16-12-7-4-8-13(17)15(12)14(19-18)10-9-11-5-2-1-3-6-11/h4,7-8,11,14,19H,1-3,5-6,9-10,18H2. The largest absolute Gasteiger partial charge is 0.271 e. The van der Waals surface area contributed by atoms with Gasteiger partial charge in [0.1, 0.15) is 5.82 Å². The number of nitrogens with two attached hydrogens (primary N) is 1. The van der Waals surface area contributed by atoms with Crippen LogP contribution in [0.4, 0.5) is 4.39 Å². The maximum atomic E-state index is 13.9. The molecule has 106 valence electrons. The molecule has 0 amide bonds. The van der Waals surface area contributed by atoms with Gasteiger partial charge in [-0.3, -0.25) is 11.3 Å². The molecule has 1 atom stereocenters. The van der Waals surface area contributed by atoms with Gasteiger partial charge in [0.05, 0.1) is 0 Å². The van der Waals surface area contributed by atoms with Gasteiger partial charge in [0.15, 0.2) is 0 Å². The zero-order chi connectivity index (χ0) is 13.7. The van der Waals surface area contributed by atoms with Crippen LogP contribution in [0.5, 0.6) is 0 Å². The minimum atomic E-state index is -0.194. The monoisotopic (exact) mass is 328 g/mol. The highest BCUT2D eigenvalue weighted by atomic mass is 79.9. The van der Waals surface area contributed by atoms with Gasteiger partial charge >= 0.3 is 0 Å². The first-order valence-corrected chi connectivity index (χ1v) is 7.91. The van der Waals surface area contributed by atoms with E-state index in [9.17, 15) is 4.39 Å². The summed E-state index contributed by atoms with van der Waals surface area (Å²) in [5.74, 6) is 6.21. The molecular formula is C15H22BrFN2. The van der Waals surface area contributed by atoms with Gasteiger partial charge in [0.2, 0.25) is 0 Å². The number of halogens is 2. The lowest BCUT2D eigenvalue weighted by molar-refractivity contribution is 0.313. The fourth-order valence-corrected chi connectivity index (χ4v) is 3.65. The molecule has 1 aliphatic carbocycles. The van der Waals surface area contributed by atoms with Gasteiger partial charge < -0.3 is 0 Å². The first-order valence-electron chi connectivity index (χ1n) is 7.12. The highest BCUT2D eigenvalue weighted by Gasteiger charge is 2.20. The third-order valence-corrected chi connectivity index (χ3v) is 4.83. The minimum Gasteiger partial charge on any atom is -0.271 e. The summed E-state index contributed by atoms with van der Waals surface area (Å²) in [6, 6.07) is 4.95. The Labute approximate surface area is 123 Å². The van der Waals surface area contributed by atoms with Crippen LogP contribution < -0.4 is 11.3 Å². The smallest absolute Gasteiger partial charge is 0.129 e. The van der Waals surface area contributed by atoms with Gasteiger partial charge in [-0.25, -0.2) is 4.39 Å². The fraction of sp³-hybridized carbons (Fsp3) is 0.600. The van der Waals surface area contributed by atoms with Gasteiger partial charge in [-0.15, -0.1) is 0 Å². The number of hydrogen-bond acceptors (Lipinski definition) is 2. The average Bonchev–Trinajstić information content (AvgIpc) is 2.43.